The molecule has 1 fully saturated rings. The minimum atomic E-state index is -2.81. The Morgan fingerprint density at radius 3 is 2.80 bits per heavy atom. The molecule has 104 valence electrons. The highest BCUT2D eigenvalue weighted by molar-refractivity contribution is 7.91. The number of nitrogens with zero attached hydrogens (tertiary/aromatic N) is 2. The molecule has 0 radical (unpaired) electrons. The van der Waals surface area contributed by atoms with Crippen molar-refractivity contribution in [2.24, 2.45) is 5.92 Å². The first-order valence-electron chi connectivity index (χ1n) is 6.65. The summed E-state index contributed by atoms with van der Waals surface area (Å²) in [5.74, 6) is 0.969. The third kappa shape index (κ3) is 2.54. The maximum atomic E-state index is 11.4. The summed E-state index contributed by atoms with van der Waals surface area (Å²) >= 11 is 0. The van der Waals surface area contributed by atoms with E-state index in [-0.39, 0.29) is 0 Å². The second-order valence-corrected chi connectivity index (χ2v) is 7.62. The zero-order chi connectivity index (χ0) is 14.2. The van der Waals surface area contributed by atoms with Crippen molar-refractivity contribution in [2.45, 2.75) is 19.3 Å². The second kappa shape index (κ2) is 4.91. The van der Waals surface area contributed by atoms with E-state index in [1.807, 2.05) is 12.1 Å². The highest BCUT2D eigenvalue weighted by Crippen LogP contribution is 2.23. The van der Waals surface area contributed by atoms with E-state index in [0.717, 1.165) is 36.0 Å². The second-order valence-electron chi connectivity index (χ2n) is 5.31. The molecule has 0 atom stereocenters. The lowest BCUT2D eigenvalue weighted by molar-refractivity contribution is 0.459. The number of aromatic nitrogens is 2. The molecule has 0 unspecified atom stereocenters. The largest absolute Gasteiger partial charge is 0.345 e. The van der Waals surface area contributed by atoms with Crippen LogP contribution in [0.5, 0.6) is 0 Å². The average Bonchev–Trinajstić information content (AvgIpc) is 2.83. The number of sulfone groups is 1. The van der Waals surface area contributed by atoms with Crippen molar-refractivity contribution in [1.29, 1.82) is 5.26 Å². The Morgan fingerprint density at radius 2 is 2.10 bits per heavy atom. The molecular formula is C14H15N3O2S. The third-order valence-electron chi connectivity index (χ3n) is 3.89. The van der Waals surface area contributed by atoms with E-state index in [0.29, 0.717) is 23.0 Å². The van der Waals surface area contributed by atoms with Crippen LogP contribution in [0.25, 0.3) is 11.0 Å². The Bertz CT molecular complexity index is 772. The first-order valence-corrected chi connectivity index (χ1v) is 8.47. The van der Waals surface area contributed by atoms with Crippen LogP contribution in [-0.2, 0) is 16.3 Å². The van der Waals surface area contributed by atoms with Gasteiger partial charge in [-0.15, -0.1) is 0 Å². The fourth-order valence-electron chi connectivity index (χ4n) is 2.69. The number of H-pyrrole nitrogens is 1. The van der Waals surface area contributed by atoms with Crippen molar-refractivity contribution in [3.8, 4) is 6.07 Å². The van der Waals surface area contributed by atoms with Gasteiger partial charge in [-0.25, -0.2) is 13.4 Å². The van der Waals surface area contributed by atoms with Crippen LogP contribution in [0.15, 0.2) is 18.3 Å². The van der Waals surface area contributed by atoms with Crippen molar-refractivity contribution in [3.63, 3.8) is 0 Å². The van der Waals surface area contributed by atoms with E-state index in [1.54, 1.807) is 6.20 Å². The quantitative estimate of drug-likeness (QED) is 0.913. The Labute approximate surface area is 117 Å². The maximum Gasteiger partial charge on any atom is 0.150 e. The normalized spacial score (nSPS) is 18.9. The van der Waals surface area contributed by atoms with Crippen molar-refractivity contribution in [1.82, 2.24) is 9.97 Å². The number of fused-ring (bicyclic) bond motifs is 1. The standard InChI is InChI=1S/C14H15N3O2S/c15-8-11-9-16-14-13(11)2-1-12(17-14)7-10-3-5-20(18,19)6-4-10/h1-2,9-10H,3-7H2,(H,16,17). The van der Waals surface area contributed by atoms with Crippen molar-refractivity contribution >= 4 is 20.9 Å². The number of hydrogen-bond acceptors (Lipinski definition) is 4. The molecule has 0 saturated carbocycles. The molecule has 2 aromatic heterocycles. The molecule has 1 N–H and O–H groups in total. The highest BCUT2D eigenvalue weighted by Gasteiger charge is 2.24. The summed E-state index contributed by atoms with van der Waals surface area (Å²) in [7, 11) is -2.81. The minimum Gasteiger partial charge on any atom is -0.345 e. The van der Waals surface area contributed by atoms with Gasteiger partial charge in [0.25, 0.3) is 0 Å². The lowest BCUT2D eigenvalue weighted by Crippen LogP contribution is -2.24. The molecule has 0 bridgehead atoms. The smallest absolute Gasteiger partial charge is 0.150 e. The van der Waals surface area contributed by atoms with Crippen LogP contribution < -0.4 is 0 Å². The molecule has 3 heterocycles. The molecule has 1 aliphatic rings. The number of pyridine rings is 1. The van der Waals surface area contributed by atoms with Gasteiger partial charge in [0.05, 0.1) is 17.1 Å². The Morgan fingerprint density at radius 1 is 1.35 bits per heavy atom. The van der Waals surface area contributed by atoms with Crippen LogP contribution in [0.2, 0.25) is 0 Å². The van der Waals surface area contributed by atoms with Gasteiger partial charge in [-0.2, -0.15) is 5.26 Å². The van der Waals surface area contributed by atoms with Crippen LogP contribution >= 0.6 is 0 Å². The van der Waals surface area contributed by atoms with Gasteiger partial charge in [-0.05, 0) is 37.3 Å². The molecule has 0 amide bonds. The van der Waals surface area contributed by atoms with Gasteiger partial charge in [0.15, 0.2) is 0 Å². The number of aromatic amines is 1. The first-order chi connectivity index (χ1) is 9.57. The highest BCUT2D eigenvalue weighted by atomic mass is 32.2. The molecule has 20 heavy (non-hydrogen) atoms. The molecule has 1 saturated heterocycles. The van der Waals surface area contributed by atoms with Gasteiger partial charge < -0.3 is 4.98 Å². The van der Waals surface area contributed by atoms with E-state index in [1.165, 1.54) is 0 Å². The first kappa shape index (κ1) is 13.1. The van der Waals surface area contributed by atoms with E-state index in [4.69, 9.17) is 5.26 Å². The van der Waals surface area contributed by atoms with Crippen LogP contribution in [-0.4, -0.2) is 29.9 Å². The van der Waals surface area contributed by atoms with Crippen molar-refractivity contribution in [3.05, 3.63) is 29.6 Å². The number of rotatable bonds is 2. The van der Waals surface area contributed by atoms with Crippen LogP contribution in [0, 0.1) is 17.2 Å². The maximum absolute atomic E-state index is 11.4. The summed E-state index contributed by atoms with van der Waals surface area (Å²) in [5.41, 5.74) is 2.28. The SMILES string of the molecule is N#Cc1c[nH]c2nc(CC3CCS(=O)(=O)CC3)ccc12. The summed E-state index contributed by atoms with van der Waals surface area (Å²) in [5, 5.41) is 9.78. The summed E-state index contributed by atoms with van der Waals surface area (Å²) in [4.78, 5) is 7.52. The molecule has 0 spiro atoms. The van der Waals surface area contributed by atoms with Crippen LogP contribution in [0.3, 0.4) is 0 Å². The fraction of sp³-hybridized carbons (Fsp3) is 0.429. The predicted molar refractivity (Wildman–Crippen MR) is 75.9 cm³/mol. The summed E-state index contributed by atoms with van der Waals surface area (Å²) in [6, 6.07) is 5.96. The molecular weight excluding hydrogens is 274 g/mol. The van der Waals surface area contributed by atoms with E-state index in [9.17, 15) is 8.42 Å². The number of hydrogen-bond donors (Lipinski definition) is 1. The van der Waals surface area contributed by atoms with Gasteiger partial charge in [-0.3, -0.25) is 0 Å². The number of nitrogens with one attached hydrogen (secondary N) is 1. The summed E-state index contributed by atoms with van der Waals surface area (Å²) in [6.07, 6.45) is 3.90. The Balaban J connectivity index is 1.77. The predicted octanol–water partition coefficient (Wildman–Crippen LogP) is 1.80. The van der Waals surface area contributed by atoms with Crippen molar-refractivity contribution < 1.29 is 8.42 Å². The molecule has 6 heteroatoms. The Kier molecular flexibility index (Phi) is 3.22. The lowest BCUT2D eigenvalue weighted by Gasteiger charge is -2.21. The molecule has 0 aliphatic carbocycles. The Hall–Kier alpha value is -1.87. The molecule has 1 aliphatic heterocycles. The molecule has 5 nitrogen and oxygen atoms in total. The lowest BCUT2D eigenvalue weighted by atomic mass is 9.96. The van der Waals surface area contributed by atoms with Gasteiger partial charge in [0.2, 0.25) is 0 Å². The molecule has 2 aromatic rings. The average molecular weight is 289 g/mol. The minimum absolute atomic E-state index is 0.293. The third-order valence-corrected chi connectivity index (χ3v) is 5.60. The zero-order valence-corrected chi connectivity index (χ0v) is 11.8. The van der Waals surface area contributed by atoms with Crippen LogP contribution in [0.1, 0.15) is 24.1 Å². The number of nitriles is 1. The van der Waals surface area contributed by atoms with Gasteiger partial charge in [0, 0.05) is 17.3 Å². The topological polar surface area (TPSA) is 86.6 Å². The summed E-state index contributed by atoms with van der Waals surface area (Å²) in [6.45, 7) is 0. The summed E-state index contributed by atoms with van der Waals surface area (Å²) < 4.78 is 22.8. The van der Waals surface area contributed by atoms with E-state index < -0.39 is 9.84 Å². The monoisotopic (exact) mass is 289 g/mol. The van der Waals surface area contributed by atoms with E-state index >= 15 is 0 Å². The van der Waals surface area contributed by atoms with Gasteiger partial charge >= 0.3 is 0 Å². The molecule has 3 rings (SSSR count). The molecule has 0 aromatic carbocycles. The van der Waals surface area contributed by atoms with Gasteiger partial charge in [-0.1, -0.05) is 0 Å². The van der Waals surface area contributed by atoms with Crippen molar-refractivity contribution in [2.75, 3.05) is 11.5 Å². The van der Waals surface area contributed by atoms with Crippen LogP contribution in [0.4, 0.5) is 0 Å². The fourth-order valence-corrected chi connectivity index (χ4v) is 4.28. The van der Waals surface area contributed by atoms with E-state index in [2.05, 4.69) is 16.0 Å². The van der Waals surface area contributed by atoms with Gasteiger partial charge in [0.1, 0.15) is 21.6 Å². The zero-order valence-electron chi connectivity index (χ0n) is 11.0.